The lowest BCUT2D eigenvalue weighted by atomic mass is 9.44. The maximum absolute atomic E-state index is 13.3. The second kappa shape index (κ2) is 6.57. The van der Waals surface area contributed by atoms with Crippen LogP contribution >= 0.6 is 0 Å². The summed E-state index contributed by atoms with van der Waals surface area (Å²) < 4.78 is 0. The standard InChI is InChI=1S/C23H36O4/c1-13(10-20(26)27)16-4-5-17-21-18(7-9-23(16,17)3)22(2)8-6-15(24)11-14(22)12-19(21)25/h13-18,21,24H,4-12H2,1-3H3,(H,26,27)/t13-,14+,15-,16-,17+,18+,21+,22+,23-/m1/s1. The summed E-state index contributed by atoms with van der Waals surface area (Å²) in [5.41, 5.74) is 0.312. The Hall–Kier alpha value is -0.900. The Kier molecular flexibility index (Phi) is 4.73. The van der Waals surface area contributed by atoms with Gasteiger partial charge in [0.2, 0.25) is 0 Å². The van der Waals surface area contributed by atoms with Gasteiger partial charge in [0.05, 0.1) is 6.10 Å². The van der Waals surface area contributed by atoms with Gasteiger partial charge in [-0.15, -0.1) is 0 Å². The van der Waals surface area contributed by atoms with Gasteiger partial charge >= 0.3 is 5.97 Å². The van der Waals surface area contributed by atoms with Crippen molar-refractivity contribution < 1.29 is 19.8 Å². The van der Waals surface area contributed by atoms with Gasteiger partial charge in [0.25, 0.3) is 0 Å². The predicted molar refractivity (Wildman–Crippen MR) is 103 cm³/mol. The third-order valence-electron chi connectivity index (χ3n) is 9.70. The van der Waals surface area contributed by atoms with Crippen molar-refractivity contribution in [2.45, 2.75) is 84.7 Å². The lowest BCUT2D eigenvalue weighted by molar-refractivity contribution is -0.161. The van der Waals surface area contributed by atoms with E-state index in [0.717, 1.165) is 44.9 Å². The zero-order valence-electron chi connectivity index (χ0n) is 17.1. The van der Waals surface area contributed by atoms with E-state index in [-0.39, 0.29) is 35.2 Å². The first-order valence-corrected chi connectivity index (χ1v) is 11.1. The van der Waals surface area contributed by atoms with Gasteiger partial charge in [-0.3, -0.25) is 9.59 Å². The molecule has 0 bridgehead atoms. The molecule has 4 aliphatic carbocycles. The minimum atomic E-state index is -0.701. The van der Waals surface area contributed by atoms with Crippen molar-refractivity contribution in [3.05, 3.63) is 0 Å². The number of ketones is 1. The molecule has 4 heteroatoms. The highest BCUT2D eigenvalue weighted by molar-refractivity contribution is 5.83. The summed E-state index contributed by atoms with van der Waals surface area (Å²) in [6.45, 7) is 6.85. The summed E-state index contributed by atoms with van der Waals surface area (Å²) in [5, 5.41) is 19.4. The fraction of sp³-hybridized carbons (Fsp3) is 0.913. The van der Waals surface area contributed by atoms with Crippen LogP contribution in [0, 0.1) is 46.3 Å². The van der Waals surface area contributed by atoms with Crippen LogP contribution in [0.2, 0.25) is 0 Å². The third kappa shape index (κ3) is 2.89. The Morgan fingerprint density at radius 1 is 1.11 bits per heavy atom. The molecule has 152 valence electrons. The maximum atomic E-state index is 13.3. The number of hydrogen-bond donors (Lipinski definition) is 2. The van der Waals surface area contributed by atoms with Gasteiger partial charge in [-0.2, -0.15) is 0 Å². The molecule has 0 aromatic heterocycles. The fourth-order valence-electron chi connectivity index (χ4n) is 8.30. The van der Waals surface area contributed by atoms with Gasteiger partial charge in [-0.1, -0.05) is 20.8 Å². The Balaban J connectivity index is 1.61. The molecule has 0 aliphatic heterocycles. The fourth-order valence-corrected chi connectivity index (χ4v) is 8.30. The summed E-state index contributed by atoms with van der Waals surface area (Å²) in [6, 6.07) is 0. The van der Waals surface area contributed by atoms with E-state index in [1.165, 1.54) is 0 Å². The minimum Gasteiger partial charge on any atom is -0.481 e. The number of hydrogen-bond acceptors (Lipinski definition) is 3. The van der Waals surface area contributed by atoms with Crippen LogP contribution in [-0.2, 0) is 9.59 Å². The number of fused-ring (bicyclic) bond motifs is 5. The van der Waals surface area contributed by atoms with Gasteiger partial charge in [-0.25, -0.2) is 0 Å². The molecule has 0 unspecified atom stereocenters. The molecule has 2 N–H and O–H groups in total. The maximum Gasteiger partial charge on any atom is 0.303 e. The number of carbonyl (C=O) groups is 2. The second-order valence-corrected chi connectivity index (χ2v) is 10.8. The quantitative estimate of drug-likeness (QED) is 0.770. The average Bonchev–Trinajstić information content (AvgIpc) is 2.93. The summed E-state index contributed by atoms with van der Waals surface area (Å²) in [7, 11) is 0. The number of aliphatic hydroxyl groups excluding tert-OH is 1. The van der Waals surface area contributed by atoms with Crippen molar-refractivity contribution in [1.29, 1.82) is 0 Å². The average molecular weight is 377 g/mol. The molecule has 4 rings (SSSR count). The molecule has 9 atom stereocenters. The first-order chi connectivity index (χ1) is 12.7. The molecule has 4 aliphatic rings. The molecule has 0 saturated heterocycles. The van der Waals surface area contributed by atoms with Crippen LogP contribution in [0.4, 0.5) is 0 Å². The van der Waals surface area contributed by atoms with Crippen LogP contribution < -0.4 is 0 Å². The Bertz CT molecular complexity index is 630. The van der Waals surface area contributed by atoms with E-state index in [9.17, 15) is 19.8 Å². The van der Waals surface area contributed by atoms with E-state index in [0.29, 0.717) is 35.9 Å². The zero-order valence-corrected chi connectivity index (χ0v) is 17.1. The van der Waals surface area contributed by atoms with Crippen molar-refractivity contribution in [1.82, 2.24) is 0 Å². The number of Topliss-reactive ketones (excluding diaryl/α,β-unsaturated/α-hetero) is 1. The molecule has 0 heterocycles. The van der Waals surface area contributed by atoms with Gasteiger partial charge in [0.1, 0.15) is 5.78 Å². The highest BCUT2D eigenvalue weighted by Gasteiger charge is 2.63. The number of carbonyl (C=O) groups excluding carboxylic acids is 1. The molecule has 4 fully saturated rings. The van der Waals surface area contributed by atoms with Gasteiger partial charge in [0, 0.05) is 18.8 Å². The largest absolute Gasteiger partial charge is 0.481 e. The number of aliphatic carboxylic acids is 1. The highest BCUT2D eigenvalue weighted by Crippen LogP contribution is 2.67. The molecular formula is C23H36O4. The van der Waals surface area contributed by atoms with Crippen LogP contribution in [0.5, 0.6) is 0 Å². The molecule has 0 aromatic carbocycles. The number of rotatable bonds is 3. The predicted octanol–water partition coefficient (Wildman–Crippen LogP) is 4.30. The van der Waals surface area contributed by atoms with E-state index in [2.05, 4.69) is 20.8 Å². The smallest absolute Gasteiger partial charge is 0.303 e. The second-order valence-electron chi connectivity index (χ2n) is 10.8. The molecule has 27 heavy (non-hydrogen) atoms. The third-order valence-corrected chi connectivity index (χ3v) is 9.70. The lowest BCUT2D eigenvalue weighted by Crippen LogP contribution is -2.57. The van der Waals surface area contributed by atoms with Crippen LogP contribution in [0.1, 0.15) is 78.6 Å². The van der Waals surface area contributed by atoms with E-state index in [1.54, 1.807) is 0 Å². The van der Waals surface area contributed by atoms with E-state index in [4.69, 9.17) is 0 Å². The van der Waals surface area contributed by atoms with Gasteiger partial charge in [0.15, 0.2) is 0 Å². The molecule has 0 radical (unpaired) electrons. The highest BCUT2D eigenvalue weighted by atomic mass is 16.4. The normalized spacial score (nSPS) is 50.4. The molecule has 4 nitrogen and oxygen atoms in total. The van der Waals surface area contributed by atoms with E-state index in [1.807, 2.05) is 0 Å². The van der Waals surface area contributed by atoms with Crippen molar-refractivity contribution in [3.63, 3.8) is 0 Å². The first-order valence-electron chi connectivity index (χ1n) is 11.1. The molecule has 0 amide bonds. The Labute approximate surface area is 163 Å². The van der Waals surface area contributed by atoms with Crippen molar-refractivity contribution >= 4 is 11.8 Å². The van der Waals surface area contributed by atoms with Crippen LogP contribution in [0.3, 0.4) is 0 Å². The number of carboxylic acid groups (broad SMARTS) is 1. The van der Waals surface area contributed by atoms with Crippen LogP contribution in [0.15, 0.2) is 0 Å². The van der Waals surface area contributed by atoms with Gasteiger partial charge < -0.3 is 10.2 Å². The minimum absolute atomic E-state index is 0.114. The summed E-state index contributed by atoms with van der Waals surface area (Å²) in [6.07, 6.45) is 7.78. The lowest BCUT2D eigenvalue weighted by Gasteiger charge is -2.60. The summed E-state index contributed by atoms with van der Waals surface area (Å²) in [4.78, 5) is 24.6. The summed E-state index contributed by atoms with van der Waals surface area (Å²) in [5.74, 6) is 1.75. The van der Waals surface area contributed by atoms with E-state index >= 15 is 0 Å². The Morgan fingerprint density at radius 3 is 2.48 bits per heavy atom. The van der Waals surface area contributed by atoms with Crippen LogP contribution in [0.25, 0.3) is 0 Å². The number of carboxylic acids is 1. The molecular weight excluding hydrogens is 340 g/mol. The topological polar surface area (TPSA) is 74.6 Å². The zero-order chi connectivity index (χ0) is 19.6. The SMILES string of the molecule is C[C@H](CC(=O)O)[C@H]1CC[C@H]2[C@@H]3C(=O)C[C@@H]4C[C@H](O)CC[C@]4(C)[C@H]3CC[C@]12C. The Morgan fingerprint density at radius 2 is 1.78 bits per heavy atom. The number of aliphatic hydroxyl groups is 1. The molecule has 0 spiro atoms. The van der Waals surface area contributed by atoms with E-state index < -0.39 is 5.97 Å². The summed E-state index contributed by atoms with van der Waals surface area (Å²) >= 11 is 0. The van der Waals surface area contributed by atoms with Gasteiger partial charge in [-0.05, 0) is 85.4 Å². The van der Waals surface area contributed by atoms with Crippen molar-refractivity contribution in [2.75, 3.05) is 0 Å². The van der Waals surface area contributed by atoms with Crippen molar-refractivity contribution in [2.24, 2.45) is 46.3 Å². The molecule has 0 aromatic rings. The van der Waals surface area contributed by atoms with Crippen molar-refractivity contribution in [3.8, 4) is 0 Å². The monoisotopic (exact) mass is 376 g/mol. The molecule has 4 saturated carbocycles. The van der Waals surface area contributed by atoms with Crippen LogP contribution in [-0.4, -0.2) is 28.1 Å². The first kappa shape index (κ1) is 19.4.